The molecule has 0 aromatic carbocycles. The van der Waals surface area contributed by atoms with Crippen LogP contribution in [-0.2, 0) is 54.1 Å². The van der Waals surface area contributed by atoms with Crippen LogP contribution in [-0.4, -0.2) is 29.1 Å². The molecule has 10 heteroatoms. The summed E-state index contributed by atoms with van der Waals surface area (Å²) in [5.74, 6) is 0. The largest absolute Gasteiger partial charge is 0.483 e. The van der Waals surface area contributed by atoms with Crippen molar-refractivity contribution in [1.29, 1.82) is 0 Å². The van der Waals surface area contributed by atoms with Crippen molar-refractivity contribution in [3.05, 3.63) is 0 Å². The van der Waals surface area contributed by atoms with Gasteiger partial charge < -0.3 is 11.3 Å². The van der Waals surface area contributed by atoms with Crippen molar-refractivity contribution in [3.63, 3.8) is 0 Å². The third-order valence-corrected chi connectivity index (χ3v) is 0. The van der Waals surface area contributed by atoms with Crippen LogP contribution in [0.4, 0.5) is 0 Å². The Morgan fingerprint density at radius 1 is 1.09 bits per heavy atom. The van der Waals surface area contributed by atoms with Gasteiger partial charge in [0.15, 0.2) is 0 Å². The molecule has 0 bridgehead atoms. The van der Waals surface area contributed by atoms with Crippen LogP contribution in [0.2, 0.25) is 0 Å². The molecule has 0 heterocycles. The number of hydrogen-bond donors (Lipinski definition) is 4. The van der Waals surface area contributed by atoms with Gasteiger partial charge in [-0.1, -0.05) is 0 Å². The fourth-order valence-electron chi connectivity index (χ4n) is 0. The van der Waals surface area contributed by atoms with Gasteiger partial charge in [-0.15, -0.1) is 0 Å². The van der Waals surface area contributed by atoms with Gasteiger partial charge in [0.2, 0.25) is 0 Å². The number of carboxylic acid groups (broad SMARTS) is 1. The molecule has 0 spiro atoms. The molecule has 11 heavy (non-hydrogen) atoms. The topological polar surface area (TPSA) is 147 Å². The van der Waals surface area contributed by atoms with Crippen molar-refractivity contribution in [2.75, 3.05) is 0 Å². The average molecular weight is 292 g/mol. The first-order chi connectivity index (χ1) is 3.41. The van der Waals surface area contributed by atoms with Crippen LogP contribution >= 0.6 is 0 Å². The van der Waals surface area contributed by atoms with Crippen LogP contribution in [0.5, 0.6) is 0 Å². The van der Waals surface area contributed by atoms with E-state index in [0.29, 0.717) is 0 Å². The Morgan fingerprint density at radius 3 is 1.09 bits per heavy atom. The SMILES string of the molecule is N.O=CO.O=S(=O)(O)O.[Zn].[Zn]. The second-order valence-corrected chi connectivity index (χ2v) is 1.45. The zero-order chi connectivity index (χ0) is 7.21. The molecule has 0 radical (unpaired) electrons. The molecule has 0 atom stereocenters. The molecule has 0 aromatic rings. The minimum Gasteiger partial charge on any atom is -0.483 e. The zero-order valence-electron chi connectivity index (χ0n) is 5.67. The fraction of sp³-hybridized carbons (Fsp3) is 0. The normalized spacial score (nSPS) is 6.36. The summed E-state index contributed by atoms with van der Waals surface area (Å²) in [5.41, 5.74) is 0. The van der Waals surface area contributed by atoms with Crippen LogP contribution in [0, 0.1) is 0 Å². The molecule has 0 aromatic heterocycles. The molecule has 6 N–H and O–H groups in total. The predicted octanol–water partition coefficient (Wildman–Crippen LogP) is -0.795. The summed E-state index contributed by atoms with van der Waals surface area (Å²) in [5, 5.41) is 6.89. The molecule has 0 saturated heterocycles. The third kappa shape index (κ3) is 2580. The molecule has 0 amide bonds. The van der Waals surface area contributed by atoms with E-state index in [1.165, 1.54) is 0 Å². The van der Waals surface area contributed by atoms with Crippen LogP contribution in [0.25, 0.3) is 0 Å². The summed E-state index contributed by atoms with van der Waals surface area (Å²) >= 11 is 0. The Kier molecular flexibility index (Phi) is 46.0. The molecule has 0 saturated carbocycles. The van der Waals surface area contributed by atoms with Crippen LogP contribution < -0.4 is 6.15 Å². The van der Waals surface area contributed by atoms with Gasteiger partial charge in [0.05, 0.1) is 0 Å². The molecular weight excluding hydrogens is 285 g/mol. The molecule has 0 fully saturated rings. The Bertz CT molecular complexity index is 135. The van der Waals surface area contributed by atoms with Crippen molar-refractivity contribution in [1.82, 2.24) is 6.15 Å². The molecular formula is CH7NO6SZn2. The minimum atomic E-state index is -4.67. The molecule has 7 nitrogen and oxygen atoms in total. The van der Waals surface area contributed by atoms with Crippen molar-refractivity contribution in [2.45, 2.75) is 0 Å². The summed E-state index contributed by atoms with van der Waals surface area (Å²) in [6.45, 7) is -0.250. The standard InChI is InChI=1S/CH2O2.H3N.H2O4S.2Zn/c2-1-3;;1-5(2,3)4;;/h1H,(H,2,3);1H3;(H2,1,2,3,4);;. The van der Waals surface area contributed by atoms with E-state index >= 15 is 0 Å². The molecule has 0 aliphatic heterocycles. The number of carbonyl (C=O) groups is 1. The van der Waals surface area contributed by atoms with Gasteiger partial charge in [-0.25, -0.2) is 0 Å². The van der Waals surface area contributed by atoms with Gasteiger partial charge in [-0.2, -0.15) is 8.42 Å². The summed E-state index contributed by atoms with van der Waals surface area (Å²) in [6.07, 6.45) is 0. The Labute approximate surface area is 89.2 Å². The van der Waals surface area contributed by atoms with E-state index in [0.717, 1.165) is 0 Å². The fourth-order valence-corrected chi connectivity index (χ4v) is 0. The second-order valence-electron chi connectivity index (χ2n) is 0.553. The summed E-state index contributed by atoms with van der Waals surface area (Å²) in [6, 6.07) is 0. The van der Waals surface area contributed by atoms with E-state index in [1.807, 2.05) is 0 Å². The molecule has 62 valence electrons. The van der Waals surface area contributed by atoms with Crippen LogP contribution in [0.15, 0.2) is 0 Å². The molecule has 0 rings (SSSR count). The van der Waals surface area contributed by atoms with Gasteiger partial charge in [0.25, 0.3) is 6.47 Å². The summed E-state index contributed by atoms with van der Waals surface area (Å²) in [4.78, 5) is 8.36. The Hall–Kier alpha value is 0.547. The zero-order valence-corrected chi connectivity index (χ0v) is 12.4. The Balaban J connectivity index is -0.0000000183. The molecule has 0 aliphatic rings. The first-order valence-corrected chi connectivity index (χ1v) is 2.59. The van der Waals surface area contributed by atoms with E-state index < -0.39 is 10.4 Å². The molecule has 0 aliphatic carbocycles. The first-order valence-electron chi connectivity index (χ1n) is 1.19. The maximum absolute atomic E-state index is 8.74. The van der Waals surface area contributed by atoms with Gasteiger partial charge in [0, 0.05) is 39.0 Å². The first kappa shape index (κ1) is 30.0. The van der Waals surface area contributed by atoms with E-state index in [-0.39, 0.29) is 51.6 Å². The Morgan fingerprint density at radius 2 is 1.09 bits per heavy atom. The van der Waals surface area contributed by atoms with E-state index in [1.54, 1.807) is 0 Å². The molecule has 0 unspecified atom stereocenters. The van der Waals surface area contributed by atoms with Crippen LogP contribution in [0.3, 0.4) is 0 Å². The maximum Gasteiger partial charge on any atom is 0.394 e. The number of rotatable bonds is 0. The monoisotopic (exact) mass is 289 g/mol. The summed E-state index contributed by atoms with van der Waals surface area (Å²) < 4.78 is 31.6. The maximum atomic E-state index is 8.74. The van der Waals surface area contributed by atoms with Crippen molar-refractivity contribution in [2.24, 2.45) is 0 Å². The van der Waals surface area contributed by atoms with Crippen LogP contribution in [0.1, 0.15) is 0 Å². The predicted molar refractivity (Wildman–Crippen MR) is 27.9 cm³/mol. The van der Waals surface area contributed by atoms with E-state index in [2.05, 4.69) is 0 Å². The smallest absolute Gasteiger partial charge is 0.394 e. The summed E-state index contributed by atoms with van der Waals surface area (Å²) in [7, 11) is -4.67. The van der Waals surface area contributed by atoms with Gasteiger partial charge in [-0.3, -0.25) is 13.9 Å². The quantitative estimate of drug-likeness (QED) is 0.259. The second kappa shape index (κ2) is 16.9. The minimum absolute atomic E-state index is 0. The van der Waals surface area contributed by atoms with E-state index in [9.17, 15) is 0 Å². The van der Waals surface area contributed by atoms with Gasteiger partial charge in [0.1, 0.15) is 0 Å². The van der Waals surface area contributed by atoms with E-state index in [4.69, 9.17) is 27.4 Å². The average Bonchev–Trinajstić information content (AvgIpc) is 1.27. The van der Waals surface area contributed by atoms with Crippen molar-refractivity contribution in [3.8, 4) is 0 Å². The van der Waals surface area contributed by atoms with Crippen molar-refractivity contribution >= 4 is 16.9 Å². The van der Waals surface area contributed by atoms with Crippen molar-refractivity contribution < 1.29 is 66.4 Å². The van der Waals surface area contributed by atoms with Gasteiger partial charge in [-0.05, 0) is 0 Å². The van der Waals surface area contributed by atoms with Gasteiger partial charge >= 0.3 is 10.4 Å². The number of hydrogen-bond acceptors (Lipinski definition) is 4. The third-order valence-electron chi connectivity index (χ3n) is 0.